The van der Waals surface area contributed by atoms with Crippen molar-refractivity contribution in [3.63, 3.8) is 0 Å². The van der Waals surface area contributed by atoms with E-state index >= 15 is 0 Å². The first-order valence-electron chi connectivity index (χ1n) is 16.4. The topological polar surface area (TPSA) is 56.1 Å². The third kappa shape index (κ3) is 3.68. The minimum absolute atomic E-state index is 0.676. The predicted molar refractivity (Wildman–Crippen MR) is 196 cm³/mol. The summed E-state index contributed by atoms with van der Waals surface area (Å²) in [6, 6.07) is 52.6. The van der Waals surface area contributed by atoms with Crippen molar-refractivity contribution in [1.82, 2.24) is 19.5 Å². The normalized spacial score (nSPS) is 12.6. The maximum atomic E-state index is 6.27. The lowest BCUT2D eigenvalue weighted by atomic mass is 9.98. The van der Waals surface area contributed by atoms with Gasteiger partial charge in [-0.15, -0.1) is 0 Å². The van der Waals surface area contributed by atoms with Gasteiger partial charge in [0.2, 0.25) is 5.95 Å². The maximum absolute atomic E-state index is 6.27. The summed E-state index contributed by atoms with van der Waals surface area (Å²) in [7, 11) is 0. The Morgan fingerprint density at radius 3 is 2.00 bits per heavy atom. The second-order valence-corrected chi connectivity index (χ2v) is 12.4. The van der Waals surface area contributed by atoms with E-state index in [0.29, 0.717) is 5.82 Å². The highest BCUT2D eigenvalue weighted by atomic mass is 16.5. The van der Waals surface area contributed by atoms with Crippen molar-refractivity contribution in [3.05, 3.63) is 152 Å². The first-order chi connectivity index (χ1) is 24.3. The number of aromatic nitrogens is 4. The fourth-order valence-corrected chi connectivity index (χ4v) is 7.63. The van der Waals surface area contributed by atoms with Gasteiger partial charge in [-0.25, -0.2) is 15.0 Å². The molecule has 0 amide bonds. The molecule has 0 unspecified atom stereocenters. The van der Waals surface area contributed by atoms with Crippen molar-refractivity contribution in [2.45, 2.75) is 0 Å². The van der Waals surface area contributed by atoms with Crippen LogP contribution >= 0.6 is 0 Å². The molecule has 6 nitrogen and oxygen atoms in total. The zero-order valence-electron chi connectivity index (χ0n) is 26.1. The molecule has 228 valence electrons. The predicted octanol–water partition coefficient (Wildman–Crippen LogP) is 11.0. The summed E-state index contributed by atoms with van der Waals surface area (Å²) in [6.45, 7) is 0. The Bertz CT molecular complexity index is 2840. The van der Waals surface area contributed by atoms with Crippen molar-refractivity contribution < 1.29 is 4.74 Å². The summed E-state index contributed by atoms with van der Waals surface area (Å²) in [5, 5.41) is 3.07. The Balaban J connectivity index is 1.19. The molecule has 0 radical (unpaired) electrons. The molecule has 11 rings (SSSR count). The molecule has 0 spiro atoms. The number of fused-ring (bicyclic) bond motifs is 10. The minimum Gasteiger partial charge on any atom is -0.456 e. The Morgan fingerprint density at radius 2 is 1.10 bits per heavy atom. The van der Waals surface area contributed by atoms with Gasteiger partial charge < -0.3 is 4.74 Å². The van der Waals surface area contributed by atoms with Gasteiger partial charge in [0.25, 0.3) is 0 Å². The van der Waals surface area contributed by atoms with Crippen molar-refractivity contribution in [2.75, 3.05) is 4.90 Å². The van der Waals surface area contributed by atoms with Gasteiger partial charge in [0.15, 0.2) is 5.82 Å². The Kier molecular flexibility index (Phi) is 5.29. The quantitative estimate of drug-likeness (QED) is 0.191. The van der Waals surface area contributed by atoms with Crippen LogP contribution in [0.4, 0.5) is 17.3 Å². The number of hydrogen-bond acceptors (Lipinski definition) is 5. The highest BCUT2D eigenvalue weighted by molar-refractivity contribution is 6.09. The molecule has 0 aliphatic carbocycles. The molecule has 4 heterocycles. The van der Waals surface area contributed by atoms with E-state index in [1.54, 1.807) is 0 Å². The number of imidazole rings is 1. The molecule has 0 N–H and O–H groups in total. The SMILES string of the molecule is c1ccc2c(c1)Oc1cccc3nc(-c4ccc(N5c6ccccc6-c6ccccc6-n6c5nc5ccccc56)c5ccccc45)nc-2c13. The molecule has 7 aromatic carbocycles. The van der Waals surface area contributed by atoms with Gasteiger partial charge >= 0.3 is 0 Å². The number of anilines is 3. The van der Waals surface area contributed by atoms with E-state index in [2.05, 4.69) is 119 Å². The van der Waals surface area contributed by atoms with Crippen LogP contribution in [0.3, 0.4) is 0 Å². The summed E-state index contributed by atoms with van der Waals surface area (Å²) in [5.74, 6) is 3.10. The molecule has 9 aromatic rings. The van der Waals surface area contributed by atoms with Gasteiger partial charge in [-0.1, -0.05) is 91.0 Å². The van der Waals surface area contributed by atoms with Crippen LogP contribution in [0.2, 0.25) is 0 Å². The summed E-state index contributed by atoms with van der Waals surface area (Å²) in [5.41, 5.74) is 11.2. The second-order valence-electron chi connectivity index (χ2n) is 12.4. The summed E-state index contributed by atoms with van der Waals surface area (Å²) < 4.78 is 8.56. The monoisotopic (exact) mass is 627 g/mol. The van der Waals surface area contributed by atoms with E-state index in [0.717, 1.165) is 95.2 Å². The largest absolute Gasteiger partial charge is 0.456 e. The molecule has 2 aliphatic heterocycles. The number of benzene rings is 7. The highest BCUT2D eigenvalue weighted by Gasteiger charge is 2.30. The standard InChI is InChI=1S/C43H25N5O/c1-2-13-27-26(12-1)30(42-44-33-18-11-23-39-40(33)41(46-42)31-16-5-10-22-38(31)49-39)24-25-36(27)47-34-19-7-3-14-28(34)29-15-4-8-20-35(29)48-37-21-9-6-17-32(37)45-43(47)48/h1-25H. The molecule has 2 aromatic heterocycles. The molecule has 2 aliphatic rings. The number of rotatable bonds is 2. The number of para-hydroxylation sites is 5. The highest BCUT2D eigenvalue weighted by Crippen LogP contribution is 2.50. The maximum Gasteiger partial charge on any atom is 0.220 e. The zero-order valence-corrected chi connectivity index (χ0v) is 26.1. The van der Waals surface area contributed by atoms with E-state index in [1.807, 2.05) is 42.5 Å². The first kappa shape index (κ1) is 26.3. The third-order valence-corrected chi connectivity index (χ3v) is 9.75. The summed E-state index contributed by atoms with van der Waals surface area (Å²) >= 11 is 0. The fraction of sp³-hybridized carbons (Fsp3) is 0. The molecular weight excluding hydrogens is 603 g/mol. The smallest absolute Gasteiger partial charge is 0.220 e. The van der Waals surface area contributed by atoms with Crippen LogP contribution in [0.1, 0.15) is 0 Å². The lowest BCUT2D eigenvalue weighted by Gasteiger charge is -2.26. The van der Waals surface area contributed by atoms with Crippen molar-refractivity contribution in [1.29, 1.82) is 0 Å². The summed E-state index contributed by atoms with van der Waals surface area (Å²) in [6.07, 6.45) is 0. The van der Waals surface area contributed by atoms with Crippen LogP contribution in [-0.2, 0) is 0 Å². The minimum atomic E-state index is 0.676. The van der Waals surface area contributed by atoms with E-state index in [4.69, 9.17) is 19.7 Å². The number of hydrogen-bond donors (Lipinski definition) is 0. The lowest BCUT2D eigenvalue weighted by molar-refractivity contribution is 0.486. The molecule has 49 heavy (non-hydrogen) atoms. The van der Waals surface area contributed by atoms with Gasteiger partial charge in [-0.3, -0.25) is 9.47 Å². The number of nitrogens with zero attached hydrogens (tertiary/aromatic N) is 5. The summed E-state index contributed by atoms with van der Waals surface area (Å²) in [4.78, 5) is 18.0. The van der Waals surface area contributed by atoms with E-state index in [-0.39, 0.29) is 0 Å². The van der Waals surface area contributed by atoms with Gasteiger partial charge in [0.1, 0.15) is 11.5 Å². The molecular formula is C43H25N5O. The average Bonchev–Trinajstić information content (AvgIpc) is 3.49. The Hall–Kier alpha value is -6.79. The van der Waals surface area contributed by atoms with Crippen LogP contribution in [0.25, 0.3) is 72.2 Å². The van der Waals surface area contributed by atoms with Crippen LogP contribution in [-0.4, -0.2) is 19.5 Å². The van der Waals surface area contributed by atoms with Crippen LogP contribution in [0, 0.1) is 0 Å². The molecule has 0 atom stereocenters. The molecule has 0 saturated carbocycles. The van der Waals surface area contributed by atoms with Gasteiger partial charge in [-0.2, -0.15) is 0 Å². The van der Waals surface area contributed by atoms with Crippen LogP contribution in [0.5, 0.6) is 11.5 Å². The molecule has 0 bridgehead atoms. The molecule has 6 heteroatoms. The first-order valence-corrected chi connectivity index (χ1v) is 16.4. The second kappa shape index (κ2) is 9.86. The van der Waals surface area contributed by atoms with E-state index in [9.17, 15) is 0 Å². The van der Waals surface area contributed by atoms with Crippen LogP contribution in [0.15, 0.2) is 152 Å². The van der Waals surface area contributed by atoms with Crippen molar-refractivity contribution in [2.24, 2.45) is 0 Å². The molecule has 0 saturated heterocycles. The van der Waals surface area contributed by atoms with Gasteiger partial charge in [0, 0.05) is 27.6 Å². The van der Waals surface area contributed by atoms with E-state index < -0.39 is 0 Å². The Labute approximate surface area is 281 Å². The average molecular weight is 628 g/mol. The third-order valence-electron chi connectivity index (χ3n) is 9.75. The van der Waals surface area contributed by atoms with Crippen molar-refractivity contribution >= 4 is 50.0 Å². The van der Waals surface area contributed by atoms with Crippen molar-refractivity contribution in [3.8, 4) is 51.0 Å². The molecule has 0 fully saturated rings. The van der Waals surface area contributed by atoms with E-state index in [1.165, 1.54) is 0 Å². The Morgan fingerprint density at radius 1 is 0.429 bits per heavy atom. The fourth-order valence-electron chi connectivity index (χ4n) is 7.63. The number of ether oxygens (including phenoxy) is 1. The van der Waals surface area contributed by atoms with Gasteiger partial charge in [-0.05, 0) is 66.0 Å². The lowest BCUT2D eigenvalue weighted by Crippen LogP contribution is -2.14. The van der Waals surface area contributed by atoms with Crippen LogP contribution < -0.4 is 9.64 Å². The zero-order chi connectivity index (χ0) is 32.1. The van der Waals surface area contributed by atoms with Gasteiger partial charge in [0.05, 0.1) is 44.7 Å².